The summed E-state index contributed by atoms with van der Waals surface area (Å²) < 4.78 is 0. The Balaban J connectivity index is 1.58. The van der Waals surface area contributed by atoms with Gasteiger partial charge in [0.05, 0.1) is 18.8 Å². The van der Waals surface area contributed by atoms with Crippen LogP contribution in [0.25, 0.3) is 0 Å². The average Bonchev–Trinajstić information content (AvgIpc) is 2.95. The summed E-state index contributed by atoms with van der Waals surface area (Å²) in [6.07, 6.45) is 3.60. The lowest BCUT2D eigenvalue weighted by Gasteiger charge is -2.18. The monoisotopic (exact) mass is 331 g/mol. The van der Waals surface area contributed by atoms with E-state index in [1.165, 1.54) is 28.4 Å². The number of hydrogen-bond acceptors (Lipinski definition) is 5. The van der Waals surface area contributed by atoms with Gasteiger partial charge in [-0.25, -0.2) is 4.98 Å². The average molecular weight is 331 g/mol. The van der Waals surface area contributed by atoms with Crippen LogP contribution < -0.4 is 10.2 Å². The van der Waals surface area contributed by atoms with E-state index in [1.807, 2.05) is 23.3 Å². The zero-order valence-corrected chi connectivity index (χ0v) is 14.7. The second kappa shape index (κ2) is 7.32. The highest BCUT2D eigenvalue weighted by atomic mass is 32.1. The maximum absolute atomic E-state index is 8.99. The maximum Gasteiger partial charge on any atom is 0.112 e. The van der Waals surface area contributed by atoms with Crippen molar-refractivity contribution >= 4 is 22.7 Å². The molecule has 5 heteroatoms. The fourth-order valence-corrected chi connectivity index (χ4v) is 4.18. The summed E-state index contributed by atoms with van der Waals surface area (Å²) in [6.45, 7) is 3.94. The molecule has 4 nitrogen and oxygen atoms in total. The Hall–Kier alpha value is -1.59. The number of aliphatic hydroxyl groups excluding tert-OH is 1. The van der Waals surface area contributed by atoms with Gasteiger partial charge in [0.1, 0.15) is 5.01 Å². The number of hydrogen-bond donors (Lipinski definition) is 2. The van der Waals surface area contributed by atoms with Crippen LogP contribution in [0, 0.1) is 5.92 Å². The Bertz CT molecular complexity index is 638. The molecule has 1 aromatic heterocycles. The van der Waals surface area contributed by atoms with E-state index in [1.54, 1.807) is 0 Å². The second-order valence-corrected chi connectivity index (χ2v) is 7.54. The lowest BCUT2D eigenvalue weighted by atomic mass is 9.93. The summed E-state index contributed by atoms with van der Waals surface area (Å²) in [5.74, 6) is 0.798. The molecule has 1 aliphatic rings. The predicted octanol–water partition coefficient (Wildman–Crippen LogP) is 3.31. The van der Waals surface area contributed by atoms with Gasteiger partial charge in [-0.2, -0.15) is 0 Å². The number of rotatable bonds is 6. The Morgan fingerprint density at radius 3 is 2.87 bits per heavy atom. The lowest BCUT2D eigenvalue weighted by Crippen LogP contribution is -2.20. The second-order valence-electron chi connectivity index (χ2n) is 6.37. The minimum absolute atomic E-state index is 0.170. The molecule has 23 heavy (non-hydrogen) atoms. The minimum Gasteiger partial charge on any atom is -0.395 e. The summed E-state index contributed by atoms with van der Waals surface area (Å²) in [7, 11) is 1.99. The highest BCUT2D eigenvalue weighted by molar-refractivity contribution is 7.11. The number of thiazole rings is 1. The van der Waals surface area contributed by atoms with Crippen molar-refractivity contribution in [2.24, 2.45) is 5.92 Å². The van der Waals surface area contributed by atoms with Crippen molar-refractivity contribution in [2.45, 2.75) is 32.7 Å². The molecular weight excluding hydrogens is 306 g/mol. The molecule has 3 rings (SSSR count). The van der Waals surface area contributed by atoms with E-state index >= 15 is 0 Å². The largest absolute Gasteiger partial charge is 0.395 e. The van der Waals surface area contributed by atoms with Crippen LogP contribution in [-0.2, 0) is 19.4 Å². The van der Waals surface area contributed by atoms with E-state index in [0.717, 1.165) is 30.3 Å². The summed E-state index contributed by atoms with van der Waals surface area (Å²) in [6, 6.07) is 8.32. The molecule has 1 atom stereocenters. The molecule has 2 N–H and O–H groups in total. The van der Waals surface area contributed by atoms with Gasteiger partial charge in [0.2, 0.25) is 0 Å². The predicted molar refractivity (Wildman–Crippen MR) is 97.4 cm³/mol. The van der Waals surface area contributed by atoms with Gasteiger partial charge in [-0.05, 0) is 49.4 Å². The highest BCUT2D eigenvalue weighted by Gasteiger charge is 2.19. The zero-order chi connectivity index (χ0) is 16.2. The quantitative estimate of drug-likeness (QED) is 0.852. The number of fused-ring (bicyclic) bond motifs is 1. The molecule has 0 bridgehead atoms. The van der Waals surface area contributed by atoms with Crippen molar-refractivity contribution in [3.05, 3.63) is 39.8 Å². The molecule has 0 fully saturated rings. The van der Waals surface area contributed by atoms with Gasteiger partial charge in [0.25, 0.3) is 0 Å². The first-order valence-electron chi connectivity index (χ1n) is 8.29. The van der Waals surface area contributed by atoms with E-state index in [0.29, 0.717) is 6.54 Å². The fraction of sp³-hybridized carbons (Fsp3) is 0.500. The number of aliphatic hydroxyl groups is 1. The van der Waals surface area contributed by atoms with Gasteiger partial charge in [0.15, 0.2) is 0 Å². The van der Waals surface area contributed by atoms with Crippen LogP contribution in [0.3, 0.4) is 0 Å². The number of benzene rings is 1. The number of nitrogens with zero attached hydrogens (tertiary/aromatic N) is 2. The van der Waals surface area contributed by atoms with Crippen LogP contribution >= 0.6 is 11.3 Å². The highest BCUT2D eigenvalue weighted by Crippen LogP contribution is 2.30. The Labute approximate surface area is 142 Å². The molecule has 1 heterocycles. The molecule has 0 saturated heterocycles. The van der Waals surface area contributed by atoms with E-state index in [9.17, 15) is 0 Å². The van der Waals surface area contributed by atoms with Gasteiger partial charge < -0.3 is 15.3 Å². The smallest absolute Gasteiger partial charge is 0.112 e. The van der Waals surface area contributed by atoms with Crippen molar-refractivity contribution < 1.29 is 5.11 Å². The molecule has 1 aromatic carbocycles. The van der Waals surface area contributed by atoms with Crippen molar-refractivity contribution in [1.82, 2.24) is 4.98 Å². The van der Waals surface area contributed by atoms with E-state index in [2.05, 4.69) is 36.5 Å². The number of likely N-dealkylation sites (N-methyl/N-ethyl adjacent to an activating group) is 1. The number of aromatic nitrogens is 1. The Kier molecular flexibility index (Phi) is 5.18. The summed E-state index contributed by atoms with van der Waals surface area (Å²) in [5.41, 5.74) is 3.54. The number of anilines is 2. The molecule has 2 aromatic rings. The van der Waals surface area contributed by atoms with Gasteiger partial charge >= 0.3 is 0 Å². The molecule has 1 unspecified atom stereocenters. The summed E-state index contributed by atoms with van der Waals surface area (Å²) in [5, 5.41) is 13.6. The van der Waals surface area contributed by atoms with E-state index in [4.69, 9.17) is 10.1 Å². The van der Waals surface area contributed by atoms with Crippen LogP contribution in [0.4, 0.5) is 11.4 Å². The molecule has 124 valence electrons. The van der Waals surface area contributed by atoms with Gasteiger partial charge in [-0.3, -0.25) is 0 Å². The van der Waals surface area contributed by atoms with E-state index < -0.39 is 0 Å². The molecular formula is C18H25N3OS. The maximum atomic E-state index is 8.99. The molecule has 0 spiro atoms. The molecule has 0 radical (unpaired) electrons. The number of aryl methyl sites for hydroxylation is 1. The van der Waals surface area contributed by atoms with Crippen LogP contribution in [-0.4, -0.2) is 30.3 Å². The van der Waals surface area contributed by atoms with Gasteiger partial charge in [-0.15, -0.1) is 11.3 Å². The molecule has 0 saturated carbocycles. The lowest BCUT2D eigenvalue weighted by molar-refractivity contribution is 0.304. The first-order valence-corrected chi connectivity index (χ1v) is 9.10. The minimum atomic E-state index is 0.170. The summed E-state index contributed by atoms with van der Waals surface area (Å²) >= 11 is 1.86. The molecule has 0 aliphatic heterocycles. The normalized spacial score (nSPS) is 16.9. The van der Waals surface area contributed by atoms with Crippen molar-refractivity contribution in [1.29, 1.82) is 0 Å². The first-order chi connectivity index (χ1) is 11.2. The third-order valence-electron chi connectivity index (χ3n) is 4.42. The van der Waals surface area contributed by atoms with Crippen LogP contribution in [0.15, 0.2) is 24.3 Å². The molecule has 1 aliphatic carbocycles. The fourth-order valence-electron chi connectivity index (χ4n) is 2.96. The third-order valence-corrected chi connectivity index (χ3v) is 5.54. The third kappa shape index (κ3) is 4.03. The zero-order valence-electron chi connectivity index (χ0n) is 13.9. The first kappa shape index (κ1) is 16.3. The molecule has 0 amide bonds. The topological polar surface area (TPSA) is 48.4 Å². The van der Waals surface area contributed by atoms with Crippen molar-refractivity contribution in [3.63, 3.8) is 0 Å². The van der Waals surface area contributed by atoms with E-state index in [-0.39, 0.29) is 6.61 Å². The standard InChI is InChI=1S/C18H25N3OS/c1-13-3-8-16-17(11-13)23-18(20-16)12-19-14-4-6-15(7-5-14)21(2)9-10-22/h4-7,13,19,22H,3,8-12H2,1-2H3. The van der Waals surface area contributed by atoms with Crippen LogP contribution in [0.5, 0.6) is 0 Å². The van der Waals surface area contributed by atoms with Crippen molar-refractivity contribution in [3.8, 4) is 0 Å². The van der Waals surface area contributed by atoms with Gasteiger partial charge in [-0.1, -0.05) is 6.92 Å². The van der Waals surface area contributed by atoms with Crippen molar-refractivity contribution in [2.75, 3.05) is 30.4 Å². The summed E-state index contributed by atoms with van der Waals surface area (Å²) in [4.78, 5) is 8.32. The number of nitrogens with one attached hydrogen (secondary N) is 1. The Morgan fingerprint density at radius 1 is 1.35 bits per heavy atom. The van der Waals surface area contributed by atoms with Crippen LogP contribution in [0.2, 0.25) is 0 Å². The Morgan fingerprint density at radius 2 is 2.13 bits per heavy atom. The van der Waals surface area contributed by atoms with Crippen LogP contribution in [0.1, 0.15) is 28.9 Å². The van der Waals surface area contributed by atoms with Gasteiger partial charge in [0, 0.05) is 29.8 Å². The SMILES string of the molecule is CC1CCc2nc(CNc3ccc(N(C)CCO)cc3)sc2C1.